The summed E-state index contributed by atoms with van der Waals surface area (Å²) in [6.45, 7) is 3.53. The maximum absolute atomic E-state index is 12.5. The molecular weight excluding hydrogens is 342 g/mol. The van der Waals surface area contributed by atoms with E-state index in [4.69, 9.17) is 0 Å². The lowest BCUT2D eigenvalue weighted by molar-refractivity contribution is -0.127. The zero-order valence-corrected chi connectivity index (χ0v) is 15.6. The monoisotopic (exact) mass is 363 g/mol. The summed E-state index contributed by atoms with van der Waals surface area (Å²) in [7, 11) is 0. The molecule has 0 bridgehead atoms. The van der Waals surface area contributed by atoms with Crippen LogP contribution in [0.5, 0.6) is 0 Å². The predicted octanol–water partition coefficient (Wildman–Crippen LogP) is 4.28. The Kier molecular flexibility index (Phi) is 4.80. The fourth-order valence-corrected chi connectivity index (χ4v) is 4.24. The van der Waals surface area contributed by atoms with Crippen molar-refractivity contribution in [3.05, 3.63) is 66.0 Å². The van der Waals surface area contributed by atoms with E-state index in [9.17, 15) is 4.79 Å². The Morgan fingerprint density at radius 3 is 2.96 bits per heavy atom. The summed E-state index contributed by atoms with van der Waals surface area (Å²) in [5, 5.41) is 1.15. The van der Waals surface area contributed by atoms with Gasteiger partial charge in [0.25, 0.3) is 0 Å². The molecule has 0 fully saturated rings. The number of thioether (sulfide) groups is 1. The zero-order valence-electron chi connectivity index (χ0n) is 14.7. The summed E-state index contributed by atoms with van der Waals surface area (Å²) in [5.41, 5.74) is 4.63. The molecule has 0 saturated carbocycles. The minimum absolute atomic E-state index is 0.203. The third-order valence-electron chi connectivity index (χ3n) is 4.80. The molecule has 0 aliphatic carbocycles. The molecular formula is C21H21N3OS. The Morgan fingerprint density at radius 2 is 2.15 bits per heavy atom. The van der Waals surface area contributed by atoms with Crippen LogP contribution in [0.15, 0.2) is 59.8 Å². The summed E-state index contributed by atoms with van der Waals surface area (Å²) in [6.07, 6.45) is 6.87. The second kappa shape index (κ2) is 7.38. The number of hydrogen-bond acceptors (Lipinski definition) is 3. The third-order valence-corrected chi connectivity index (χ3v) is 5.96. The molecule has 26 heavy (non-hydrogen) atoms. The number of aromatic amines is 1. The van der Waals surface area contributed by atoms with Crippen molar-refractivity contribution in [1.29, 1.82) is 0 Å². The third kappa shape index (κ3) is 3.40. The number of nitrogens with one attached hydrogen (secondary N) is 1. The molecule has 1 aliphatic heterocycles. The van der Waals surface area contributed by atoms with Gasteiger partial charge < -0.3 is 9.88 Å². The van der Waals surface area contributed by atoms with Crippen molar-refractivity contribution in [2.24, 2.45) is 0 Å². The van der Waals surface area contributed by atoms with Crippen molar-refractivity contribution in [2.45, 2.75) is 18.2 Å². The molecule has 3 aromatic rings. The van der Waals surface area contributed by atoms with Gasteiger partial charge >= 0.3 is 0 Å². The molecule has 1 amide bonds. The summed E-state index contributed by atoms with van der Waals surface area (Å²) >= 11 is 1.62. The van der Waals surface area contributed by atoms with E-state index in [1.165, 1.54) is 21.6 Å². The van der Waals surface area contributed by atoms with E-state index in [1.54, 1.807) is 18.0 Å². The summed E-state index contributed by atoms with van der Waals surface area (Å²) in [5.74, 6) is 0.694. The van der Waals surface area contributed by atoms with Gasteiger partial charge in [-0.1, -0.05) is 24.3 Å². The minimum Gasteiger partial charge on any atom is -0.346 e. The summed E-state index contributed by atoms with van der Waals surface area (Å²) in [6, 6.07) is 12.3. The number of hydrogen-bond donors (Lipinski definition) is 1. The Balaban J connectivity index is 1.41. The maximum Gasteiger partial charge on any atom is 0.233 e. The van der Waals surface area contributed by atoms with Crippen LogP contribution in [0.3, 0.4) is 0 Å². The number of rotatable bonds is 4. The highest BCUT2D eigenvalue weighted by atomic mass is 32.2. The SMILES string of the molecule is Cc1ccccc1SCC(=O)N1CC=C(c2c[nH]c3ncccc23)CC1. The Labute approximate surface area is 157 Å². The van der Waals surface area contributed by atoms with Gasteiger partial charge in [-0.05, 0) is 42.7 Å². The van der Waals surface area contributed by atoms with E-state index in [-0.39, 0.29) is 5.91 Å². The molecule has 1 aromatic carbocycles. The number of benzene rings is 1. The fourth-order valence-electron chi connectivity index (χ4n) is 3.31. The van der Waals surface area contributed by atoms with Gasteiger partial charge in [0.05, 0.1) is 5.75 Å². The molecule has 0 atom stereocenters. The van der Waals surface area contributed by atoms with Gasteiger partial charge in [0.1, 0.15) is 5.65 Å². The number of carbonyl (C=O) groups excluding carboxylic acids is 1. The van der Waals surface area contributed by atoms with Gasteiger partial charge in [0, 0.05) is 41.3 Å². The van der Waals surface area contributed by atoms with E-state index < -0.39 is 0 Å². The van der Waals surface area contributed by atoms with E-state index in [2.05, 4.69) is 41.2 Å². The molecule has 0 radical (unpaired) electrons. The van der Waals surface area contributed by atoms with E-state index in [0.29, 0.717) is 12.3 Å². The predicted molar refractivity (Wildman–Crippen MR) is 107 cm³/mol. The second-order valence-electron chi connectivity index (χ2n) is 6.48. The lowest BCUT2D eigenvalue weighted by atomic mass is 9.99. The number of aryl methyl sites for hydroxylation is 1. The number of pyridine rings is 1. The first kappa shape index (κ1) is 16.9. The molecule has 0 unspecified atom stereocenters. The fraction of sp³-hybridized carbons (Fsp3) is 0.238. The van der Waals surface area contributed by atoms with Crippen LogP contribution in [-0.2, 0) is 4.79 Å². The van der Waals surface area contributed by atoms with E-state index in [0.717, 1.165) is 24.0 Å². The van der Waals surface area contributed by atoms with Gasteiger partial charge in [-0.3, -0.25) is 4.79 Å². The van der Waals surface area contributed by atoms with Crippen molar-refractivity contribution in [3.63, 3.8) is 0 Å². The standard InChI is InChI=1S/C21H21N3OS/c1-15-5-2-3-7-19(15)26-14-20(25)24-11-8-16(9-12-24)18-13-23-21-17(18)6-4-10-22-21/h2-8,10,13H,9,11-12,14H2,1H3,(H,22,23). The van der Waals surface area contributed by atoms with Crippen LogP contribution in [0.4, 0.5) is 0 Å². The molecule has 4 nitrogen and oxygen atoms in total. The van der Waals surface area contributed by atoms with Crippen LogP contribution in [0.25, 0.3) is 16.6 Å². The van der Waals surface area contributed by atoms with E-state index in [1.807, 2.05) is 29.3 Å². The Bertz CT molecular complexity index is 976. The molecule has 4 rings (SSSR count). The number of amides is 1. The highest BCUT2D eigenvalue weighted by molar-refractivity contribution is 8.00. The first-order chi connectivity index (χ1) is 12.7. The lowest BCUT2D eigenvalue weighted by Gasteiger charge is -2.26. The van der Waals surface area contributed by atoms with Crippen LogP contribution in [0, 0.1) is 6.92 Å². The number of aromatic nitrogens is 2. The number of nitrogens with zero attached hydrogens (tertiary/aromatic N) is 2. The van der Waals surface area contributed by atoms with Crippen molar-refractivity contribution in [2.75, 3.05) is 18.8 Å². The minimum atomic E-state index is 0.203. The van der Waals surface area contributed by atoms with Gasteiger partial charge in [-0.15, -0.1) is 11.8 Å². The lowest BCUT2D eigenvalue weighted by Crippen LogP contribution is -2.35. The molecule has 1 aliphatic rings. The van der Waals surface area contributed by atoms with Gasteiger partial charge in [-0.2, -0.15) is 0 Å². The summed E-state index contributed by atoms with van der Waals surface area (Å²) in [4.78, 5) is 23.3. The van der Waals surface area contributed by atoms with Crippen LogP contribution < -0.4 is 0 Å². The zero-order chi connectivity index (χ0) is 17.9. The largest absolute Gasteiger partial charge is 0.346 e. The van der Waals surface area contributed by atoms with Crippen LogP contribution in [0.1, 0.15) is 17.5 Å². The molecule has 1 N–H and O–H groups in total. The van der Waals surface area contributed by atoms with Crippen LogP contribution in [0.2, 0.25) is 0 Å². The summed E-state index contributed by atoms with van der Waals surface area (Å²) < 4.78 is 0. The first-order valence-electron chi connectivity index (χ1n) is 8.80. The van der Waals surface area contributed by atoms with Crippen molar-refractivity contribution in [1.82, 2.24) is 14.9 Å². The topological polar surface area (TPSA) is 49.0 Å². The molecule has 0 spiro atoms. The average Bonchev–Trinajstić information content (AvgIpc) is 3.11. The van der Waals surface area contributed by atoms with E-state index >= 15 is 0 Å². The van der Waals surface area contributed by atoms with Gasteiger partial charge in [0.15, 0.2) is 0 Å². The van der Waals surface area contributed by atoms with Crippen LogP contribution >= 0.6 is 11.8 Å². The Hall–Kier alpha value is -2.53. The number of carbonyl (C=O) groups is 1. The highest BCUT2D eigenvalue weighted by Crippen LogP contribution is 2.29. The van der Waals surface area contributed by atoms with Gasteiger partial charge in [0.2, 0.25) is 5.91 Å². The second-order valence-corrected chi connectivity index (χ2v) is 7.49. The van der Waals surface area contributed by atoms with Crippen molar-refractivity contribution < 1.29 is 4.79 Å². The molecule has 2 aromatic heterocycles. The maximum atomic E-state index is 12.5. The molecule has 5 heteroatoms. The van der Waals surface area contributed by atoms with Crippen molar-refractivity contribution in [3.8, 4) is 0 Å². The normalized spacial score (nSPS) is 14.5. The number of fused-ring (bicyclic) bond motifs is 1. The average molecular weight is 363 g/mol. The quantitative estimate of drug-likeness (QED) is 0.704. The van der Waals surface area contributed by atoms with Gasteiger partial charge in [-0.25, -0.2) is 4.98 Å². The number of H-pyrrole nitrogens is 1. The molecule has 0 saturated heterocycles. The smallest absolute Gasteiger partial charge is 0.233 e. The molecule has 3 heterocycles. The highest BCUT2D eigenvalue weighted by Gasteiger charge is 2.19. The van der Waals surface area contributed by atoms with Crippen molar-refractivity contribution >= 4 is 34.3 Å². The first-order valence-corrected chi connectivity index (χ1v) is 9.78. The Morgan fingerprint density at radius 1 is 1.27 bits per heavy atom. The van der Waals surface area contributed by atoms with Crippen LogP contribution in [-0.4, -0.2) is 39.6 Å². The molecule has 132 valence electrons.